The molecule has 1 aromatic heterocycles. The fourth-order valence-corrected chi connectivity index (χ4v) is 2.38. The van der Waals surface area contributed by atoms with Crippen molar-refractivity contribution in [3.8, 4) is 5.75 Å². The van der Waals surface area contributed by atoms with Crippen molar-refractivity contribution in [1.29, 1.82) is 0 Å². The number of benzene rings is 1. The molecule has 1 aliphatic carbocycles. The van der Waals surface area contributed by atoms with Crippen molar-refractivity contribution >= 4 is 21.9 Å². The molecule has 1 heterocycles. The summed E-state index contributed by atoms with van der Waals surface area (Å²) < 4.78 is 0.880. The fraction of sp³-hybridized carbons (Fsp3) is 0.333. The van der Waals surface area contributed by atoms with Gasteiger partial charge in [0.2, 0.25) is 5.95 Å². The maximum Gasteiger partial charge on any atom is 0.225 e. The van der Waals surface area contributed by atoms with Crippen molar-refractivity contribution in [3.63, 3.8) is 0 Å². The molecule has 0 atom stereocenters. The van der Waals surface area contributed by atoms with Gasteiger partial charge in [-0.05, 0) is 52.4 Å². The first-order chi connectivity index (χ1) is 9.70. The summed E-state index contributed by atoms with van der Waals surface area (Å²) in [6.45, 7) is 1.68. The molecular weight excluding hydrogens is 318 g/mol. The van der Waals surface area contributed by atoms with Gasteiger partial charge in [0.25, 0.3) is 0 Å². The van der Waals surface area contributed by atoms with E-state index in [1.165, 1.54) is 12.8 Å². The van der Waals surface area contributed by atoms with Crippen LogP contribution in [0.3, 0.4) is 0 Å². The third-order valence-corrected chi connectivity index (χ3v) is 3.76. The molecule has 1 aromatic carbocycles. The van der Waals surface area contributed by atoms with E-state index in [9.17, 15) is 5.11 Å². The summed E-state index contributed by atoms with van der Waals surface area (Å²) in [5.74, 6) is 1.79. The van der Waals surface area contributed by atoms with E-state index in [4.69, 9.17) is 0 Å². The average molecular weight is 334 g/mol. The molecular formula is C15H16BrN3O. The number of anilines is 1. The smallest absolute Gasteiger partial charge is 0.225 e. The molecule has 0 bridgehead atoms. The molecule has 0 saturated heterocycles. The zero-order chi connectivity index (χ0) is 13.9. The first-order valence-electron chi connectivity index (χ1n) is 6.71. The van der Waals surface area contributed by atoms with E-state index in [-0.39, 0.29) is 0 Å². The molecule has 0 unspecified atom stereocenters. The van der Waals surface area contributed by atoms with Crippen LogP contribution < -0.4 is 4.90 Å². The van der Waals surface area contributed by atoms with Gasteiger partial charge in [-0.2, -0.15) is 0 Å². The molecule has 3 rings (SSSR count). The highest BCUT2D eigenvalue weighted by atomic mass is 79.9. The van der Waals surface area contributed by atoms with Gasteiger partial charge in [0.1, 0.15) is 5.75 Å². The van der Waals surface area contributed by atoms with E-state index in [0.717, 1.165) is 28.4 Å². The minimum Gasteiger partial charge on any atom is -0.508 e. The van der Waals surface area contributed by atoms with Crippen LogP contribution in [0.15, 0.2) is 41.1 Å². The lowest BCUT2D eigenvalue weighted by Crippen LogP contribution is -2.27. The van der Waals surface area contributed by atoms with Crippen molar-refractivity contribution in [3.05, 3.63) is 46.7 Å². The topological polar surface area (TPSA) is 49.2 Å². The van der Waals surface area contributed by atoms with Gasteiger partial charge < -0.3 is 10.0 Å². The summed E-state index contributed by atoms with van der Waals surface area (Å²) >= 11 is 3.36. The zero-order valence-corrected chi connectivity index (χ0v) is 12.6. The standard InChI is InChI=1S/C15H16BrN3O/c16-13-7-17-15(18-8-13)19(9-11-4-5-11)10-12-2-1-3-14(20)6-12/h1-3,6-8,11,20H,4-5,9-10H2. The van der Waals surface area contributed by atoms with Gasteiger partial charge in [0.15, 0.2) is 0 Å². The number of phenolic OH excluding ortho intramolecular Hbond substituents is 1. The zero-order valence-electron chi connectivity index (χ0n) is 11.0. The Morgan fingerprint density at radius 1 is 1.25 bits per heavy atom. The molecule has 1 saturated carbocycles. The Balaban J connectivity index is 1.80. The third-order valence-electron chi connectivity index (χ3n) is 3.35. The number of aromatic nitrogens is 2. The molecule has 1 aliphatic rings. The van der Waals surface area contributed by atoms with E-state index < -0.39 is 0 Å². The molecule has 1 fully saturated rings. The Bertz CT molecular complexity index is 584. The van der Waals surface area contributed by atoms with Crippen molar-refractivity contribution < 1.29 is 5.11 Å². The van der Waals surface area contributed by atoms with Gasteiger partial charge in [-0.3, -0.25) is 0 Å². The predicted molar refractivity (Wildman–Crippen MR) is 81.6 cm³/mol. The van der Waals surface area contributed by atoms with E-state index >= 15 is 0 Å². The largest absolute Gasteiger partial charge is 0.508 e. The van der Waals surface area contributed by atoms with Crippen LogP contribution in [0.2, 0.25) is 0 Å². The van der Waals surface area contributed by atoms with Crippen molar-refractivity contribution in [2.24, 2.45) is 5.92 Å². The Hall–Kier alpha value is -1.62. The van der Waals surface area contributed by atoms with Gasteiger partial charge in [0.05, 0.1) is 4.47 Å². The van der Waals surface area contributed by atoms with E-state index in [0.29, 0.717) is 12.3 Å². The van der Waals surface area contributed by atoms with Crippen LogP contribution in [0.5, 0.6) is 5.75 Å². The Morgan fingerprint density at radius 2 is 2.00 bits per heavy atom. The predicted octanol–water partition coefficient (Wildman–Crippen LogP) is 3.36. The van der Waals surface area contributed by atoms with Gasteiger partial charge in [-0.1, -0.05) is 12.1 Å². The second-order valence-corrected chi connectivity index (χ2v) is 6.11. The number of hydrogen-bond donors (Lipinski definition) is 1. The molecule has 104 valence electrons. The molecule has 20 heavy (non-hydrogen) atoms. The summed E-state index contributed by atoms with van der Waals surface area (Å²) in [7, 11) is 0. The summed E-state index contributed by atoms with van der Waals surface area (Å²) in [4.78, 5) is 10.9. The number of halogens is 1. The summed E-state index contributed by atoms with van der Waals surface area (Å²) in [5, 5.41) is 9.57. The number of phenols is 1. The molecule has 5 heteroatoms. The maximum absolute atomic E-state index is 9.57. The van der Waals surface area contributed by atoms with Crippen LogP contribution in [-0.2, 0) is 6.54 Å². The molecule has 2 aromatic rings. The minimum atomic E-state index is 0.297. The highest BCUT2D eigenvalue weighted by Crippen LogP contribution is 2.31. The molecule has 1 N–H and O–H groups in total. The summed E-state index contributed by atoms with van der Waals surface area (Å²) in [6.07, 6.45) is 6.11. The molecule has 0 amide bonds. The minimum absolute atomic E-state index is 0.297. The van der Waals surface area contributed by atoms with Crippen LogP contribution in [0, 0.1) is 5.92 Å². The number of nitrogens with zero attached hydrogens (tertiary/aromatic N) is 3. The second kappa shape index (κ2) is 5.79. The monoisotopic (exact) mass is 333 g/mol. The lowest BCUT2D eigenvalue weighted by Gasteiger charge is -2.22. The normalized spacial score (nSPS) is 14.2. The van der Waals surface area contributed by atoms with Crippen LogP contribution in [0.4, 0.5) is 5.95 Å². The van der Waals surface area contributed by atoms with Gasteiger partial charge >= 0.3 is 0 Å². The van der Waals surface area contributed by atoms with Crippen molar-refractivity contribution in [2.45, 2.75) is 19.4 Å². The average Bonchev–Trinajstić information content (AvgIpc) is 3.23. The Kier molecular flexibility index (Phi) is 3.87. The Labute approximate surface area is 126 Å². The first kappa shape index (κ1) is 13.4. The lowest BCUT2D eigenvalue weighted by molar-refractivity contribution is 0.474. The Morgan fingerprint density at radius 3 is 2.65 bits per heavy atom. The van der Waals surface area contributed by atoms with E-state index in [1.807, 2.05) is 12.1 Å². The van der Waals surface area contributed by atoms with Crippen molar-refractivity contribution in [2.75, 3.05) is 11.4 Å². The molecule has 0 radical (unpaired) electrons. The molecule has 4 nitrogen and oxygen atoms in total. The van der Waals surface area contributed by atoms with Crippen LogP contribution >= 0.6 is 15.9 Å². The van der Waals surface area contributed by atoms with E-state index in [1.54, 1.807) is 24.5 Å². The fourth-order valence-electron chi connectivity index (χ4n) is 2.17. The number of rotatable bonds is 5. The van der Waals surface area contributed by atoms with E-state index in [2.05, 4.69) is 30.8 Å². The highest BCUT2D eigenvalue weighted by Gasteiger charge is 2.25. The highest BCUT2D eigenvalue weighted by molar-refractivity contribution is 9.10. The quantitative estimate of drug-likeness (QED) is 0.911. The summed E-state index contributed by atoms with van der Waals surface area (Å²) in [5.41, 5.74) is 1.07. The number of aromatic hydroxyl groups is 1. The molecule has 0 spiro atoms. The first-order valence-corrected chi connectivity index (χ1v) is 7.50. The molecule has 0 aliphatic heterocycles. The van der Waals surface area contributed by atoms with Gasteiger partial charge in [0, 0.05) is 25.5 Å². The maximum atomic E-state index is 9.57. The second-order valence-electron chi connectivity index (χ2n) is 5.20. The van der Waals surface area contributed by atoms with Crippen molar-refractivity contribution in [1.82, 2.24) is 9.97 Å². The van der Waals surface area contributed by atoms with Gasteiger partial charge in [-0.15, -0.1) is 0 Å². The number of hydrogen-bond acceptors (Lipinski definition) is 4. The summed E-state index contributed by atoms with van der Waals surface area (Å²) in [6, 6.07) is 7.35. The van der Waals surface area contributed by atoms with Crippen LogP contribution in [-0.4, -0.2) is 21.6 Å². The van der Waals surface area contributed by atoms with Gasteiger partial charge in [-0.25, -0.2) is 9.97 Å². The SMILES string of the molecule is Oc1cccc(CN(CC2CC2)c2ncc(Br)cn2)c1. The van der Waals surface area contributed by atoms with Crippen LogP contribution in [0.1, 0.15) is 18.4 Å². The lowest BCUT2D eigenvalue weighted by atomic mass is 10.2. The van der Waals surface area contributed by atoms with Crippen LogP contribution in [0.25, 0.3) is 0 Å². The third kappa shape index (κ3) is 3.48.